The van der Waals surface area contributed by atoms with Crippen LogP contribution in [0.5, 0.6) is 0 Å². The number of hydrogen-bond acceptors (Lipinski definition) is 7. The second-order valence-electron chi connectivity index (χ2n) is 17.7. The van der Waals surface area contributed by atoms with E-state index < -0.39 is 18.1 Å². The first-order valence-electron chi connectivity index (χ1n) is 24.5. The standard InChI is InChI=1S/C51H93NO7/c1-6-8-10-12-14-16-18-20-22-24-25-26-28-29-31-33-35-37-39-41-49(53)58-46-47(45-57-44-43-48(51(55)56)52(3,4)5)59-50(54)42-40-38-36-34-32-30-27-23-21-19-17-15-13-11-9-7-2/h14,16,18,20,23,27,47-48H,6-13,15,17,19,21-22,24-26,28-46H2,1-5H3/b16-14+,20-18+,27-23+. The SMILES string of the molecule is CCCCC/C=C/C=C/CCCCCCCCCCCCC(=O)OCC(COCCC(C(=O)[O-])[N+](C)(C)C)OC(=O)CCCCCCC/C=C/CCCCCCCCC. The molecule has 0 N–H and O–H groups in total. The van der Waals surface area contributed by atoms with Gasteiger partial charge in [-0.2, -0.15) is 0 Å². The van der Waals surface area contributed by atoms with Crippen LogP contribution in [0.1, 0.15) is 219 Å². The molecule has 0 saturated heterocycles. The molecule has 0 aromatic carbocycles. The van der Waals surface area contributed by atoms with Crippen LogP contribution in [0.25, 0.3) is 0 Å². The number of carbonyl (C=O) groups excluding carboxylic acids is 3. The van der Waals surface area contributed by atoms with E-state index in [9.17, 15) is 19.5 Å². The van der Waals surface area contributed by atoms with Gasteiger partial charge in [0.1, 0.15) is 12.6 Å². The van der Waals surface area contributed by atoms with Gasteiger partial charge in [-0.05, 0) is 64.2 Å². The average molecular weight is 832 g/mol. The lowest BCUT2D eigenvalue weighted by Crippen LogP contribution is -2.55. The Morgan fingerprint density at radius 2 is 0.898 bits per heavy atom. The zero-order chi connectivity index (χ0) is 43.5. The molecule has 0 radical (unpaired) electrons. The number of carboxylic acid groups (broad SMARTS) is 1. The smallest absolute Gasteiger partial charge is 0.306 e. The zero-order valence-electron chi connectivity index (χ0n) is 39.2. The van der Waals surface area contributed by atoms with Crippen molar-refractivity contribution in [3.8, 4) is 0 Å². The van der Waals surface area contributed by atoms with Crippen molar-refractivity contribution < 1.29 is 38.2 Å². The largest absolute Gasteiger partial charge is 0.544 e. The highest BCUT2D eigenvalue weighted by Gasteiger charge is 2.25. The molecule has 0 spiro atoms. The van der Waals surface area contributed by atoms with Gasteiger partial charge in [0.2, 0.25) is 0 Å². The number of nitrogens with zero attached hydrogens (tertiary/aromatic N) is 1. The second kappa shape index (κ2) is 42.2. The van der Waals surface area contributed by atoms with E-state index in [1.54, 1.807) is 21.1 Å². The molecule has 344 valence electrons. The van der Waals surface area contributed by atoms with Gasteiger partial charge in [0, 0.05) is 19.3 Å². The average Bonchev–Trinajstić information content (AvgIpc) is 3.19. The highest BCUT2D eigenvalue weighted by atomic mass is 16.6. The van der Waals surface area contributed by atoms with Gasteiger partial charge in [0.15, 0.2) is 6.10 Å². The van der Waals surface area contributed by atoms with Crippen LogP contribution in [-0.2, 0) is 28.6 Å². The summed E-state index contributed by atoms with van der Waals surface area (Å²) in [4.78, 5) is 37.0. The number of unbranched alkanes of at least 4 members (excludes halogenated alkanes) is 25. The third kappa shape index (κ3) is 40.7. The Bertz CT molecular complexity index is 1060. The van der Waals surface area contributed by atoms with E-state index in [0.717, 1.165) is 51.4 Å². The fraction of sp³-hybridized carbons (Fsp3) is 0.824. The van der Waals surface area contributed by atoms with Gasteiger partial charge >= 0.3 is 11.9 Å². The topological polar surface area (TPSA) is 102 Å². The molecule has 0 aromatic rings. The van der Waals surface area contributed by atoms with Crippen LogP contribution in [0.3, 0.4) is 0 Å². The Morgan fingerprint density at radius 1 is 0.508 bits per heavy atom. The highest BCUT2D eigenvalue weighted by molar-refractivity contribution is 5.70. The van der Waals surface area contributed by atoms with E-state index in [0.29, 0.717) is 12.8 Å². The van der Waals surface area contributed by atoms with Crippen molar-refractivity contribution in [2.75, 3.05) is 41.0 Å². The summed E-state index contributed by atoms with van der Waals surface area (Å²) in [5.41, 5.74) is 0. The number of likely N-dealkylation sites (N-methyl/N-ethyl adjacent to an activating group) is 1. The van der Waals surface area contributed by atoms with Crippen LogP contribution in [0, 0.1) is 0 Å². The van der Waals surface area contributed by atoms with Crippen molar-refractivity contribution in [2.24, 2.45) is 0 Å². The zero-order valence-corrected chi connectivity index (χ0v) is 39.2. The fourth-order valence-corrected chi connectivity index (χ4v) is 7.17. The Labute approximate surface area is 364 Å². The van der Waals surface area contributed by atoms with E-state index in [4.69, 9.17) is 14.2 Å². The molecule has 0 aromatic heterocycles. The lowest BCUT2D eigenvalue weighted by atomic mass is 10.1. The van der Waals surface area contributed by atoms with Crippen molar-refractivity contribution >= 4 is 17.9 Å². The van der Waals surface area contributed by atoms with E-state index >= 15 is 0 Å². The predicted molar refractivity (Wildman–Crippen MR) is 245 cm³/mol. The van der Waals surface area contributed by atoms with Crippen LogP contribution in [0.15, 0.2) is 36.5 Å². The molecule has 2 unspecified atom stereocenters. The van der Waals surface area contributed by atoms with Crippen molar-refractivity contribution in [1.82, 2.24) is 0 Å². The summed E-state index contributed by atoms with van der Waals surface area (Å²) in [7, 11) is 5.41. The number of carbonyl (C=O) groups is 3. The van der Waals surface area contributed by atoms with Crippen molar-refractivity contribution in [3.05, 3.63) is 36.5 Å². The number of quaternary nitrogens is 1. The van der Waals surface area contributed by atoms with Gasteiger partial charge in [0.25, 0.3) is 0 Å². The van der Waals surface area contributed by atoms with Gasteiger partial charge in [-0.1, -0.05) is 172 Å². The minimum Gasteiger partial charge on any atom is -0.544 e. The number of carboxylic acids is 1. The number of allylic oxidation sites excluding steroid dienone is 6. The lowest BCUT2D eigenvalue weighted by molar-refractivity contribution is -0.889. The van der Waals surface area contributed by atoms with Crippen molar-refractivity contribution in [1.29, 1.82) is 0 Å². The Kier molecular flexibility index (Phi) is 40.5. The van der Waals surface area contributed by atoms with Crippen LogP contribution < -0.4 is 5.11 Å². The summed E-state index contributed by atoms with van der Waals surface area (Å²) in [6, 6.07) is -0.727. The molecule has 0 aliphatic heterocycles. The number of aliphatic carboxylic acids is 1. The third-order valence-electron chi connectivity index (χ3n) is 11.0. The number of esters is 2. The van der Waals surface area contributed by atoms with Gasteiger partial charge < -0.3 is 28.6 Å². The van der Waals surface area contributed by atoms with E-state index in [1.807, 2.05) is 0 Å². The van der Waals surface area contributed by atoms with Crippen molar-refractivity contribution in [3.63, 3.8) is 0 Å². The molecule has 0 saturated carbocycles. The van der Waals surface area contributed by atoms with Gasteiger partial charge in [-0.15, -0.1) is 0 Å². The number of ether oxygens (including phenoxy) is 3. The van der Waals surface area contributed by atoms with Crippen molar-refractivity contribution in [2.45, 2.75) is 231 Å². The number of rotatable bonds is 44. The molecule has 8 heteroatoms. The normalized spacial score (nSPS) is 13.2. The predicted octanol–water partition coefficient (Wildman–Crippen LogP) is 12.5. The molecule has 0 rings (SSSR count). The van der Waals surface area contributed by atoms with Gasteiger partial charge in [-0.3, -0.25) is 9.59 Å². The summed E-state index contributed by atoms with van der Waals surface area (Å²) in [5.74, 6) is -1.74. The maximum atomic E-state index is 12.7. The first-order valence-corrected chi connectivity index (χ1v) is 24.5. The molecule has 0 aliphatic carbocycles. The summed E-state index contributed by atoms with van der Waals surface area (Å²) >= 11 is 0. The molecular formula is C51H93NO7. The summed E-state index contributed by atoms with van der Waals surface area (Å²) in [6.45, 7) is 4.64. The Morgan fingerprint density at radius 3 is 1.36 bits per heavy atom. The lowest BCUT2D eigenvalue weighted by Gasteiger charge is -2.34. The highest BCUT2D eigenvalue weighted by Crippen LogP contribution is 2.15. The molecule has 2 atom stereocenters. The first-order chi connectivity index (χ1) is 28.6. The molecule has 0 heterocycles. The Balaban J connectivity index is 4.28. The minimum absolute atomic E-state index is 0.0380. The summed E-state index contributed by atoms with van der Waals surface area (Å²) in [6.07, 6.45) is 48.8. The third-order valence-corrected chi connectivity index (χ3v) is 11.0. The Hall–Kier alpha value is -2.45. The molecule has 0 fully saturated rings. The monoisotopic (exact) mass is 832 g/mol. The maximum Gasteiger partial charge on any atom is 0.306 e. The quantitative estimate of drug-likeness (QED) is 0.0198. The van der Waals surface area contributed by atoms with Gasteiger partial charge in [0.05, 0.1) is 40.3 Å². The number of hydrogen-bond donors (Lipinski definition) is 0. The summed E-state index contributed by atoms with van der Waals surface area (Å²) in [5, 5.41) is 11.6. The fourth-order valence-electron chi connectivity index (χ4n) is 7.17. The first kappa shape index (κ1) is 56.5. The molecule has 0 aliphatic rings. The van der Waals surface area contributed by atoms with Crippen LogP contribution in [0.4, 0.5) is 0 Å². The summed E-state index contributed by atoms with van der Waals surface area (Å²) < 4.78 is 17.2. The molecule has 0 amide bonds. The van der Waals surface area contributed by atoms with E-state index in [1.165, 1.54) is 135 Å². The molecule has 0 bridgehead atoms. The molecule has 59 heavy (non-hydrogen) atoms. The van der Waals surface area contributed by atoms with E-state index in [2.05, 4.69) is 50.3 Å². The molecule has 8 nitrogen and oxygen atoms in total. The second-order valence-corrected chi connectivity index (χ2v) is 17.7. The van der Waals surface area contributed by atoms with Gasteiger partial charge in [-0.25, -0.2) is 0 Å². The minimum atomic E-state index is -1.13. The van der Waals surface area contributed by atoms with Crippen LogP contribution >= 0.6 is 0 Å². The van der Waals surface area contributed by atoms with E-state index in [-0.39, 0.29) is 42.7 Å². The van der Waals surface area contributed by atoms with Crippen LogP contribution in [-0.4, -0.2) is 75.5 Å². The maximum absolute atomic E-state index is 12.7. The van der Waals surface area contributed by atoms with Crippen LogP contribution in [0.2, 0.25) is 0 Å². The molecular weight excluding hydrogens is 739 g/mol.